The van der Waals surface area contributed by atoms with Gasteiger partial charge in [-0.15, -0.1) is 0 Å². The van der Waals surface area contributed by atoms with E-state index < -0.39 is 11.0 Å². The number of carbonyl (C=O) groups excluding carboxylic acids is 1. The van der Waals surface area contributed by atoms with E-state index in [0.717, 1.165) is 30.8 Å². The standard InChI is InChI=1S/C31H34N4O3S/c1-23(2)22-38-28-9-3-6-24(20-28)21-34-16-18-35(19-17-34)31(36)26-11-13-27(14-12-26)33-39(37)29-10-4-7-25-8-5-15-32-30(25)29/h3-15,20,23,33H,16-19,21-22H2,1-2H3. The van der Waals surface area contributed by atoms with Gasteiger partial charge in [-0.1, -0.05) is 44.2 Å². The molecule has 1 aromatic heterocycles. The Hall–Kier alpha value is -3.75. The minimum absolute atomic E-state index is 0.0182. The molecule has 1 unspecified atom stereocenters. The molecule has 1 atom stereocenters. The summed E-state index contributed by atoms with van der Waals surface area (Å²) in [6.07, 6.45) is 1.70. The Kier molecular flexibility index (Phi) is 8.54. The van der Waals surface area contributed by atoms with Gasteiger partial charge in [-0.3, -0.25) is 14.7 Å². The molecule has 1 aliphatic heterocycles. The third-order valence-electron chi connectivity index (χ3n) is 6.69. The second kappa shape index (κ2) is 12.4. The number of pyridine rings is 1. The van der Waals surface area contributed by atoms with Gasteiger partial charge in [0.25, 0.3) is 5.91 Å². The van der Waals surface area contributed by atoms with Gasteiger partial charge in [-0.25, -0.2) is 4.21 Å². The van der Waals surface area contributed by atoms with Crippen molar-refractivity contribution in [3.63, 3.8) is 0 Å². The van der Waals surface area contributed by atoms with Crippen LogP contribution in [0.3, 0.4) is 0 Å². The summed E-state index contributed by atoms with van der Waals surface area (Å²) in [6, 6.07) is 24.9. The molecule has 0 spiro atoms. The Balaban J connectivity index is 1.14. The molecule has 0 bridgehead atoms. The molecular weight excluding hydrogens is 508 g/mol. The number of carbonyl (C=O) groups is 1. The molecular formula is C31H34N4O3S. The normalized spacial score (nSPS) is 14.9. The summed E-state index contributed by atoms with van der Waals surface area (Å²) < 4.78 is 21.9. The van der Waals surface area contributed by atoms with Crippen LogP contribution >= 0.6 is 0 Å². The minimum atomic E-state index is -1.48. The van der Waals surface area contributed by atoms with Crippen LogP contribution < -0.4 is 9.46 Å². The number of anilines is 1. The maximum Gasteiger partial charge on any atom is 0.253 e. The van der Waals surface area contributed by atoms with Gasteiger partial charge in [0.1, 0.15) is 5.75 Å². The van der Waals surface area contributed by atoms with Crippen molar-refractivity contribution < 1.29 is 13.7 Å². The highest BCUT2D eigenvalue weighted by Gasteiger charge is 2.22. The van der Waals surface area contributed by atoms with Crippen molar-refractivity contribution in [2.24, 2.45) is 5.92 Å². The molecule has 0 radical (unpaired) electrons. The lowest BCUT2D eigenvalue weighted by Gasteiger charge is -2.34. The van der Waals surface area contributed by atoms with Gasteiger partial charge in [0.15, 0.2) is 11.0 Å². The van der Waals surface area contributed by atoms with Crippen molar-refractivity contribution >= 4 is 33.5 Å². The number of hydrogen-bond donors (Lipinski definition) is 1. The van der Waals surface area contributed by atoms with Gasteiger partial charge in [-0.05, 0) is 60.0 Å². The smallest absolute Gasteiger partial charge is 0.253 e. The van der Waals surface area contributed by atoms with Gasteiger partial charge in [0.05, 0.1) is 17.0 Å². The summed E-state index contributed by atoms with van der Waals surface area (Å²) in [5, 5.41) is 0.940. The second-order valence-electron chi connectivity index (χ2n) is 10.2. The van der Waals surface area contributed by atoms with Gasteiger partial charge < -0.3 is 14.4 Å². The van der Waals surface area contributed by atoms with Crippen molar-refractivity contribution in [3.8, 4) is 5.75 Å². The first-order chi connectivity index (χ1) is 19.0. The summed E-state index contributed by atoms with van der Waals surface area (Å²) in [4.78, 5) is 22.4. The molecule has 3 aromatic carbocycles. The number of para-hydroxylation sites is 1. The lowest BCUT2D eigenvalue weighted by atomic mass is 10.1. The molecule has 0 aliphatic carbocycles. The Morgan fingerprint density at radius 2 is 1.72 bits per heavy atom. The number of piperazine rings is 1. The van der Waals surface area contributed by atoms with Gasteiger partial charge in [0.2, 0.25) is 0 Å². The zero-order valence-electron chi connectivity index (χ0n) is 22.4. The molecule has 1 amide bonds. The molecule has 1 saturated heterocycles. The van der Waals surface area contributed by atoms with Gasteiger partial charge in [0, 0.05) is 55.6 Å². The molecule has 7 nitrogen and oxygen atoms in total. The predicted octanol–water partition coefficient (Wildman–Crippen LogP) is 5.36. The van der Waals surface area contributed by atoms with Crippen LogP contribution in [0.5, 0.6) is 5.75 Å². The monoisotopic (exact) mass is 542 g/mol. The van der Waals surface area contributed by atoms with E-state index in [1.165, 1.54) is 5.56 Å². The summed E-state index contributed by atoms with van der Waals surface area (Å²) in [5.41, 5.74) is 3.24. The second-order valence-corrected chi connectivity index (χ2v) is 11.4. The highest BCUT2D eigenvalue weighted by atomic mass is 32.2. The Labute approximate surface area is 232 Å². The lowest BCUT2D eigenvalue weighted by molar-refractivity contribution is 0.0628. The first-order valence-corrected chi connectivity index (χ1v) is 14.5. The molecule has 4 aromatic rings. The van der Waals surface area contributed by atoms with Crippen LogP contribution in [0, 0.1) is 5.92 Å². The minimum Gasteiger partial charge on any atom is -0.493 e. The van der Waals surface area contributed by atoms with Crippen LogP contribution in [0.15, 0.2) is 90.0 Å². The highest BCUT2D eigenvalue weighted by Crippen LogP contribution is 2.22. The molecule has 2 heterocycles. The van der Waals surface area contributed by atoms with Crippen LogP contribution in [0.4, 0.5) is 5.69 Å². The van der Waals surface area contributed by atoms with Crippen molar-refractivity contribution in [3.05, 3.63) is 96.2 Å². The largest absolute Gasteiger partial charge is 0.493 e. The molecule has 1 N–H and O–H groups in total. The van der Waals surface area contributed by atoms with E-state index in [4.69, 9.17) is 4.74 Å². The predicted molar refractivity (Wildman–Crippen MR) is 156 cm³/mol. The van der Waals surface area contributed by atoms with E-state index >= 15 is 0 Å². The SMILES string of the molecule is CC(C)COc1cccc(CN2CCN(C(=O)c3ccc(NS(=O)c4cccc5cccnc45)cc3)CC2)c1. The first kappa shape index (κ1) is 26.8. The number of nitrogens with one attached hydrogen (secondary N) is 1. The van der Waals surface area contributed by atoms with E-state index in [1.54, 1.807) is 30.5 Å². The van der Waals surface area contributed by atoms with E-state index in [-0.39, 0.29) is 5.91 Å². The summed E-state index contributed by atoms with van der Waals surface area (Å²) in [6.45, 7) is 8.83. The molecule has 1 aliphatic rings. The number of aromatic nitrogens is 1. The Morgan fingerprint density at radius 3 is 2.49 bits per heavy atom. The Bertz CT molecular complexity index is 1440. The summed E-state index contributed by atoms with van der Waals surface area (Å²) in [7, 11) is -1.48. The fourth-order valence-electron chi connectivity index (χ4n) is 4.62. The van der Waals surface area contributed by atoms with Crippen molar-refractivity contribution in [2.45, 2.75) is 25.3 Å². The third-order valence-corrected chi connectivity index (χ3v) is 7.84. The number of ether oxygens (including phenoxy) is 1. The fourth-order valence-corrected chi connectivity index (χ4v) is 5.62. The number of fused-ring (bicyclic) bond motifs is 1. The first-order valence-electron chi connectivity index (χ1n) is 13.3. The van der Waals surface area contributed by atoms with E-state index in [2.05, 4.69) is 40.6 Å². The number of rotatable bonds is 9. The number of hydrogen-bond acceptors (Lipinski definition) is 5. The van der Waals surface area contributed by atoms with Gasteiger partial charge >= 0.3 is 0 Å². The van der Waals surface area contributed by atoms with Gasteiger partial charge in [-0.2, -0.15) is 0 Å². The number of benzene rings is 3. The van der Waals surface area contributed by atoms with Crippen molar-refractivity contribution in [2.75, 3.05) is 37.5 Å². The molecule has 39 heavy (non-hydrogen) atoms. The zero-order chi connectivity index (χ0) is 27.2. The number of amides is 1. The average molecular weight is 543 g/mol. The molecule has 1 fully saturated rings. The zero-order valence-corrected chi connectivity index (χ0v) is 23.2. The van der Waals surface area contributed by atoms with Crippen molar-refractivity contribution in [1.82, 2.24) is 14.8 Å². The summed E-state index contributed by atoms with van der Waals surface area (Å²) >= 11 is 0. The van der Waals surface area contributed by atoms with Crippen LogP contribution in [-0.4, -0.2) is 57.7 Å². The fraction of sp³-hybridized carbons (Fsp3) is 0.290. The van der Waals surface area contributed by atoms with Crippen LogP contribution in [0.1, 0.15) is 29.8 Å². The maximum absolute atomic E-state index is 13.1. The maximum atomic E-state index is 13.1. The summed E-state index contributed by atoms with van der Waals surface area (Å²) in [5.74, 6) is 1.42. The van der Waals surface area contributed by atoms with E-state index in [9.17, 15) is 9.00 Å². The Morgan fingerprint density at radius 1 is 0.974 bits per heavy atom. The lowest BCUT2D eigenvalue weighted by Crippen LogP contribution is -2.48. The van der Waals surface area contributed by atoms with E-state index in [0.29, 0.717) is 47.3 Å². The van der Waals surface area contributed by atoms with Crippen LogP contribution in [0.2, 0.25) is 0 Å². The molecule has 5 rings (SSSR count). The molecule has 202 valence electrons. The van der Waals surface area contributed by atoms with Crippen molar-refractivity contribution in [1.29, 1.82) is 0 Å². The topological polar surface area (TPSA) is 74.8 Å². The molecule has 0 saturated carbocycles. The number of nitrogens with zero attached hydrogens (tertiary/aromatic N) is 3. The van der Waals surface area contributed by atoms with Crippen LogP contribution in [-0.2, 0) is 17.5 Å². The van der Waals surface area contributed by atoms with E-state index in [1.807, 2.05) is 47.4 Å². The quantitative estimate of drug-likeness (QED) is 0.308. The molecule has 8 heteroatoms. The average Bonchev–Trinajstić information content (AvgIpc) is 2.96. The van der Waals surface area contributed by atoms with Crippen LogP contribution in [0.25, 0.3) is 10.9 Å². The highest BCUT2D eigenvalue weighted by molar-refractivity contribution is 7.86. The third kappa shape index (κ3) is 6.82.